The molecule has 3 aromatic carbocycles. The molecule has 0 spiro atoms. The van der Waals surface area contributed by atoms with Crippen LogP contribution in [0.3, 0.4) is 0 Å². The summed E-state index contributed by atoms with van der Waals surface area (Å²) in [6.45, 7) is 4.12. The Morgan fingerprint density at radius 3 is 2.26 bits per heavy atom. The summed E-state index contributed by atoms with van der Waals surface area (Å²) in [5.41, 5.74) is 4.16. The molecule has 2 heterocycles. The number of anilines is 2. The van der Waals surface area contributed by atoms with Crippen LogP contribution in [0.1, 0.15) is 5.56 Å². The molecule has 5 rings (SSSR count). The van der Waals surface area contributed by atoms with E-state index in [0.717, 1.165) is 49.5 Å². The minimum atomic E-state index is 0.0949. The number of hydrogen-bond acceptors (Lipinski definition) is 4. The molecule has 5 nitrogen and oxygen atoms in total. The number of nitrogens with zero attached hydrogens (tertiary/aromatic N) is 4. The van der Waals surface area contributed by atoms with Crippen molar-refractivity contribution in [3.05, 3.63) is 103 Å². The number of para-hydroxylation sites is 3. The van der Waals surface area contributed by atoms with Gasteiger partial charge < -0.3 is 4.90 Å². The van der Waals surface area contributed by atoms with Crippen molar-refractivity contribution >= 4 is 28.2 Å². The first-order valence-electron chi connectivity index (χ1n) is 12.3. The molecule has 0 bridgehead atoms. The SMILES string of the molecule is CN1CCN(CC(=O)N(c2ccccc2)c2ccccc2)C[C@@H](Cc2cccc3cccnc23)C1. The van der Waals surface area contributed by atoms with E-state index in [0.29, 0.717) is 12.5 Å². The summed E-state index contributed by atoms with van der Waals surface area (Å²) in [6.07, 6.45) is 2.82. The molecule has 1 atom stereocenters. The summed E-state index contributed by atoms with van der Waals surface area (Å²) in [6, 6.07) is 30.4. The van der Waals surface area contributed by atoms with Crippen LogP contribution in [0, 0.1) is 5.92 Å². The Morgan fingerprint density at radius 2 is 1.54 bits per heavy atom. The minimum Gasteiger partial charge on any atom is -0.305 e. The molecule has 1 aliphatic rings. The van der Waals surface area contributed by atoms with Gasteiger partial charge in [0.25, 0.3) is 0 Å². The number of fused-ring (bicyclic) bond motifs is 1. The molecule has 1 saturated heterocycles. The van der Waals surface area contributed by atoms with Gasteiger partial charge in [-0.15, -0.1) is 0 Å². The van der Waals surface area contributed by atoms with Crippen LogP contribution in [0.5, 0.6) is 0 Å². The summed E-state index contributed by atoms with van der Waals surface area (Å²) in [4.78, 5) is 24.9. The Hall–Kier alpha value is -3.54. The van der Waals surface area contributed by atoms with Gasteiger partial charge in [0.2, 0.25) is 5.91 Å². The van der Waals surface area contributed by atoms with Crippen LogP contribution >= 0.6 is 0 Å². The number of carbonyl (C=O) groups is 1. The van der Waals surface area contributed by atoms with Gasteiger partial charge in [0, 0.05) is 49.1 Å². The molecule has 0 unspecified atom stereocenters. The van der Waals surface area contributed by atoms with Crippen molar-refractivity contribution < 1.29 is 4.79 Å². The average Bonchev–Trinajstić information content (AvgIpc) is 3.06. The highest BCUT2D eigenvalue weighted by Gasteiger charge is 2.26. The lowest BCUT2D eigenvalue weighted by Crippen LogP contribution is -2.41. The maximum absolute atomic E-state index is 13.7. The van der Waals surface area contributed by atoms with Crippen LogP contribution in [-0.4, -0.2) is 60.5 Å². The van der Waals surface area contributed by atoms with Gasteiger partial charge in [-0.25, -0.2) is 0 Å². The number of hydrogen-bond donors (Lipinski definition) is 0. The Kier molecular flexibility index (Phi) is 7.17. The van der Waals surface area contributed by atoms with Crippen molar-refractivity contribution in [2.45, 2.75) is 6.42 Å². The van der Waals surface area contributed by atoms with E-state index in [-0.39, 0.29) is 5.91 Å². The zero-order chi connectivity index (χ0) is 24.0. The molecular formula is C30H32N4O. The van der Waals surface area contributed by atoms with E-state index in [9.17, 15) is 4.79 Å². The van der Waals surface area contributed by atoms with Crippen molar-refractivity contribution in [3.8, 4) is 0 Å². The molecule has 1 aromatic heterocycles. The largest absolute Gasteiger partial charge is 0.305 e. The van der Waals surface area contributed by atoms with E-state index in [1.54, 1.807) is 0 Å². The maximum atomic E-state index is 13.7. The second kappa shape index (κ2) is 10.8. The normalized spacial score (nSPS) is 17.2. The molecule has 4 aromatic rings. The quantitative estimate of drug-likeness (QED) is 0.402. The number of likely N-dealkylation sites (N-methyl/N-ethyl adjacent to an activating group) is 1. The van der Waals surface area contributed by atoms with Crippen LogP contribution in [-0.2, 0) is 11.2 Å². The fourth-order valence-electron chi connectivity index (χ4n) is 5.13. The molecule has 0 N–H and O–H groups in total. The van der Waals surface area contributed by atoms with Crippen molar-refractivity contribution in [2.24, 2.45) is 5.92 Å². The fourth-order valence-corrected chi connectivity index (χ4v) is 5.13. The number of pyridine rings is 1. The van der Waals surface area contributed by atoms with Gasteiger partial charge in [-0.3, -0.25) is 19.6 Å². The van der Waals surface area contributed by atoms with Crippen LogP contribution < -0.4 is 4.90 Å². The van der Waals surface area contributed by atoms with Crippen LogP contribution in [0.4, 0.5) is 11.4 Å². The summed E-state index contributed by atoms with van der Waals surface area (Å²) < 4.78 is 0. The molecule has 178 valence electrons. The summed E-state index contributed by atoms with van der Waals surface area (Å²) in [5.74, 6) is 0.516. The standard InChI is InChI=1S/C30H32N4O/c1-32-18-19-33(22-24(21-32)20-26-11-8-10-25-12-9-17-31-30(25)26)23-29(35)34(27-13-4-2-5-14-27)28-15-6-3-7-16-28/h2-17,24H,18-23H2,1H3/t24-/m0/s1. The number of benzene rings is 3. The molecule has 0 saturated carbocycles. The molecule has 5 heteroatoms. The lowest BCUT2D eigenvalue weighted by atomic mass is 9.96. The predicted molar refractivity (Wildman–Crippen MR) is 143 cm³/mol. The maximum Gasteiger partial charge on any atom is 0.245 e. The third kappa shape index (κ3) is 5.59. The Morgan fingerprint density at radius 1 is 0.857 bits per heavy atom. The van der Waals surface area contributed by atoms with Gasteiger partial charge in [-0.1, -0.05) is 60.7 Å². The molecule has 1 fully saturated rings. The number of aromatic nitrogens is 1. The summed E-state index contributed by atoms with van der Waals surface area (Å²) >= 11 is 0. The highest BCUT2D eigenvalue weighted by atomic mass is 16.2. The Balaban J connectivity index is 1.35. The average molecular weight is 465 g/mol. The van der Waals surface area contributed by atoms with Gasteiger partial charge in [0.05, 0.1) is 12.1 Å². The molecule has 1 amide bonds. The minimum absolute atomic E-state index is 0.0949. The molecule has 35 heavy (non-hydrogen) atoms. The van der Waals surface area contributed by atoms with E-state index in [2.05, 4.69) is 46.1 Å². The van der Waals surface area contributed by atoms with Gasteiger partial charge >= 0.3 is 0 Å². The van der Waals surface area contributed by atoms with Crippen LogP contribution in [0.2, 0.25) is 0 Å². The number of carbonyl (C=O) groups excluding carboxylic acids is 1. The third-order valence-electron chi connectivity index (χ3n) is 6.75. The zero-order valence-electron chi connectivity index (χ0n) is 20.3. The second-order valence-electron chi connectivity index (χ2n) is 9.46. The summed E-state index contributed by atoms with van der Waals surface area (Å²) in [7, 11) is 2.18. The van der Waals surface area contributed by atoms with E-state index in [4.69, 9.17) is 0 Å². The Labute approximate surface area is 207 Å². The zero-order valence-corrected chi connectivity index (χ0v) is 20.3. The predicted octanol–water partition coefficient (Wildman–Crippen LogP) is 5.01. The van der Waals surface area contributed by atoms with Crippen LogP contribution in [0.15, 0.2) is 97.2 Å². The smallest absolute Gasteiger partial charge is 0.245 e. The van der Waals surface area contributed by atoms with Crippen molar-refractivity contribution in [2.75, 3.05) is 44.7 Å². The highest BCUT2D eigenvalue weighted by Crippen LogP contribution is 2.26. The Bertz CT molecular complexity index is 1220. The number of amides is 1. The summed E-state index contributed by atoms with van der Waals surface area (Å²) in [5, 5.41) is 1.18. The van der Waals surface area contributed by atoms with E-state index in [1.807, 2.05) is 77.8 Å². The van der Waals surface area contributed by atoms with Crippen molar-refractivity contribution in [1.82, 2.24) is 14.8 Å². The first kappa shape index (κ1) is 23.2. The monoisotopic (exact) mass is 464 g/mol. The molecule has 0 aliphatic carbocycles. The molecular weight excluding hydrogens is 432 g/mol. The molecule has 0 radical (unpaired) electrons. The fraction of sp³-hybridized carbons (Fsp3) is 0.267. The van der Waals surface area contributed by atoms with Crippen molar-refractivity contribution in [1.29, 1.82) is 0 Å². The van der Waals surface area contributed by atoms with Gasteiger partial charge in [0.15, 0.2) is 0 Å². The lowest BCUT2D eigenvalue weighted by molar-refractivity contribution is -0.119. The topological polar surface area (TPSA) is 39.7 Å². The highest BCUT2D eigenvalue weighted by molar-refractivity contribution is 6.01. The van der Waals surface area contributed by atoms with Crippen LogP contribution in [0.25, 0.3) is 10.9 Å². The van der Waals surface area contributed by atoms with Gasteiger partial charge in [-0.05, 0) is 55.3 Å². The van der Waals surface area contributed by atoms with E-state index in [1.165, 1.54) is 10.9 Å². The molecule has 1 aliphatic heterocycles. The first-order valence-corrected chi connectivity index (χ1v) is 12.3. The first-order chi connectivity index (χ1) is 17.2. The number of rotatable bonds is 6. The lowest BCUT2D eigenvalue weighted by Gasteiger charge is -2.28. The van der Waals surface area contributed by atoms with E-state index < -0.39 is 0 Å². The van der Waals surface area contributed by atoms with E-state index >= 15 is 0 Å². The van der Waals surface area contributed by atoms with Gasteiger partial charge in [-0.2, -0.15) is 0 Å². The van der Waals surface area contributed by atoms with Crippen molar-refractivity contribution in [3.63, 3.8) is 0 Å². The second-order valence-corrected chi connectivity index (χ2v) is 9.46. The van der Waals surface area contributed by atoms with Gasteiger partial charge in [0.1, 0.15) is 0 Å². The third-order valence-corrected chi connectivity index (χ3v) is 6.75.